The molecule has 188 valence electrons. The van der Waals surface area contributed by atoms with Crippen molar-refractivity contribution < 1.29 is 18.7 Å². The van der Waals surface area contributed by atoms with Gasteiger partial charge in [-0.25, -0.2) is 4.98 Å². The van der Waals surface area contributed by atoms with Crippen LogP contribution in [-0.4, -0.2) is 27.8 Å². The first kappa shape index (κ1) is 24.5. The molecular formula is C29H27N3O4S. The SMILES string of the molecule is COC(=O)CCc1cn(Cc2ccc(OCc3nc(-c4cccs4)oc3C)cc2)nc1-c1ccccc1. The van der Waals surface area contributed by atoms with Crippen LogP contribution in [0, 0.1) is 6.92 Å². The highest BCUT2D eigenvalue weighted by Crippen LogP contribution is 2.27. The van der Waals surface area contributed by atoms with Crippen LogP contribution in [-0.2, 0) is 29.1 Å². The smallest absolute Gasteiger partial charge is 0.305 e. The Morgan fingerprint density at radius 2 is 1.86 bits per heavy atom. The number of hydrogen-bond donors (Lipinski definition) is 0. The summed E-state index contributed by atoms with van der Waals surface area (Å²) in [6.45, 7) is 2.84. The van der Waals surface area contributed by atoms with Crippen molar-refractivity contribution in [2.75, 3.05) is 7.11 Å². The summed E-state index contributed by atoms with van der Waals surface area (Å²) in [6, 6.07) is 21.9. The second-order valence-electron chi connectivity index (χ2n) is 8.57. The lowest BCUT2D eigenvalue weighted by Crippen LogP contribution is -2.02. The molecular weight excluding hydrogens is 486 g/mol. The Kier molecular flexibility index (Phi) is 7.46. The van der Waals surface area contributed by atoms with E-state index in [4.69, 9.17) is 19.0 Å². The molecule has 0 N–H and O–H groups in total. The highest BCUT2D eigenvalue weighted by molar-refractivity contribution is 7.13. The second kappa shape index (κ2) is 11.3. The predicted octanol–water partition coefficient (Wildman–Crippen LogP) is 6.31. The van der Waals surface area contributed by atoms with Gasteiger partial charge in [-0.3, -0.25) is 9.48 Å². The molecule has 0 atom stereocenters. The monoisotopic (exact) mass is 513 g/mol. The van der Waals surface area contributed by atoms with E-state index < -0.39 is 0 Å². The molecule has 8 heteroatoms. The molecule has 3 aromatic heterocycles. The summed E-state index contributed by atoms with van der Waals surface area (Å²) >= 11 is 1.60. The van der Waals surface area contributed by atoms with E-state index in [1.165, 1.54) is 7.11 Å². The average molecular weight is 514 g/mol. The van der Waals surface area contributed by atoms with E-state index in [9.17, 15) is 4.79 Å². The first-order valence-corrected chi connectivity index (χ1v) is 12.9. The minimum atomic E-state index is -0.231. The Labute approximate surface area is 219 Å². The van der Waals surface area contributed by atoms with E-state index in [1.54, 1.807) is 11.3 Å². The van der Waals surface area contributed by atoms with Crippen LogP contribution < -0.4 is 4.74 Å². The van der Waals surface area contributed by atoms with Gasteiger partial charge in [0, 0.05) is 18.2 Å². The number of methoxy groups -OCH3 is 1. The summed E-state index contributed by atoms with van der Waals surface area (Å²) in [6.07, 6.45) is 2.89. The Balaban J connectivity index is 1.25. The Bertz CT molecular complexity index is 1460. The summed E-state index contributed by atoms with van der Waals surface area (Å²) in [5.74, 6) is 1.91. The van der Waals surface area contributed by atoms with Crippen LogP contribution in [0.3, 0.4) is 0 Å². The van der Waals surface area contributed by atoms with Crippen molar-refractivity contribution in [3.63, 3.8) is 0 Å². The third-order valence-electron chi connectivity index (χ3n) is 5.98. The molecule has 2 aromatic carbocycles. The Hall–Kier alpha value is -4.17. The molecule has 0 spiro atoms. The van der Waals surface area contributed by atoms with Crippen LogP contribution >= 0.6 is 11.3 Å². The van der Waals surface area contributed by atoms with Crippen LogP contribution in [0.2, 0.25) is 0 Å². The van der Waals surface area contributed by atoms with Gasteiger partial charge in [0.1, 0.15) is 23.8 Å². The normalized spacial score (nSPS) is 11.0. The maximum absolute atomic E-state index is 11.7. The highest BCUT2D eigenvalue weighted by Gasteiger charge is 2.15. The molecule has 7 nitrogen and oxygen atoms in total. The molecule has 0 fully saturated rings. The van der Waals surface area contributed by atoms with Gasteiger partial charge in [0.15, 0.2) is 0 Å². The van der Waals surface area contributed by atoms with Crippen LogP contribution in [0.25, 0.3) is 22.0 Å². The number of ether oxygens (including phenoxy) is 2. The molecule has 37 heavy (non-hydrogen) atoms. The largest absolute Gasteiger partial charge is 0.487 e. The Morgan fingerprint density at radius 3 is 2.59 bits per heavy atom. The van der Waals surface area contributed by atoms with E-state index >= 15 is 0 Å². The fourth-order valence-electron chi connectivity index (χ4n) is 4.00. The molecule has 0 saturated carbocycles. The molecule has 5 rings (SSSR count). The summed E-state index contributed by atoms with van der Waals surface area (Å²) in [4.78, 5) is 17.3. The van der Waals surface area contributed by atoms with E-state index in [1.807, 2.05) is 89.9 Å². The quantitative estimate of drug-likeness (QED) is 0.204. The molecule has 0 radical (unpaired) electrons. The number of esters is 1. The molecule has 0 bridgehead atoms. The van der Waals surface area contributed by atoms with Gasteiger partial charge in [-0.05, 0) is 48.1 Å². The number of aromatic nitrogens is 3. The minimum absolute atomic E-state index is 0.231. The number of thiophene rings is 1. The van der Waals surface area contributed by atoms with Crippen LogP contribution in [0.5, 0.6) is 5.75 Å². The maximum atomic E-state index is 11.7. The molecule has 0 saturated heterocycles. The van der Waals surface area contributed by atoms with Crippen LogP contribution in [0.1, 0.15) is 29.0 Å². The van der Waals surface area contributed by atoms with E-state index in [0.29, 0.717) is 31.9 Å². The molecule has 0 amide bonds. The summed E-state index contributed by atoms with van der Waals surface area (Å²) in [7, 11) is 1.41. The van der Waals surface area contributed by atoms with Gasteiger partial charge in [-0.15, -0.1) is 11.3 Å². The standard InChI is InChI=1S/C29H27N3O4S/c1-20-25(30-29(36-20)26-9-6-16-37-26)19-35-24-13-10-21(11-14-24)17-32-18-23(12-15-27(33)34-2)28(31-32)22-7-4-3-5-8-22/h3-11,13-14,16,18H,12,15,17,19H2,1-2H3. The number of hydrogen-bond acceptors (Lipinski definition) is 7. The van der Waals surface area contributed by atoms with Gasteiger partial charge in [0.2, 0.25) is 5.89 Å². The number of nitrogens with zero attached hydrogens (tertiary/aromatic N) is 3. The van der Waals surface area contributed by atoms with Crippen molar-refractivity contribution in [2.45, 2.75) is 32.9 Å². The number of rotatable bonds is 10. The zero-order valence-electron chi connectivity index (χ0n) is 20.7. The van der Waals surface area contributed by atoms with E-state index in [-0.39, 0.29) is 5.97 Å². The number of carbonyl (C=O) groups is 1. The topological polar surface area (TPSA) is 79.4 Å². The van der Waals surface area contributed by atoms with Crippen molar-refractivity contribution in [1.82, 2.24) is 14.8 Å². The first-order valence-electron chi connectivity index (χ1n) is 12.0. The molecule has 0 aliphatic rings. The third kappa shape index (κ3) is 5.98. The second-order valence-corrected chi connectivity index (χ2v) is 9.52. The van der Waals surface area contributed by atoms with Gasteiger partial charge < -0.3 is 13.9 Å². The highest BCUT2D eigenvalue weighted by atomic mass is 32.1. The van der Waals surface area contributed by atoms with E-state index in [2.05, 4.69) is 4.98 Å². The van der Waals surface area contributed by atoms with Gasteiger partial charge >= 0.3 is 5.97 Å². The fourth-order valence-corrected chi connectivity index (χ4v) is 4.65. The summed E-state index contributed by atoms with van der Waals surface area (Å²) in [5, 5.41) is 6.83. The number of oxazole rings is 1. The van der Waals surface area contributed by atoms with Gasteiger partial charge in [0.05, 0.1) is 24.2 Å². The summed E-state index contributed by atoms with van der Waals surface area (Å²) < 4.78 is 18.5. The molecule has 0 unspecified atom stereocenters. The predicted molar refractivity (Wildman–Crippen MR) is 142 cm³/mol. The summed E-state index contributed by atoms with van der Waals surface area (Å²) in [5.41, 5.74) is 4.80. The number of aryl methyl sites for hydroxylation is 2. The van der Waals surface area contributed by atoms with Crippen molar-refractivity contribution in [1.29, 1.82) is 0 Å². The molecule has 0 aliphatic carbocycles. The first-order chi connectivity index (χ1) is 18.1. The van der Waals surface area contributed by atoms with Crippen molar-refractivity contribution >= 4 is 17.3 Å². The molecule has 3 heterocycles. The van der Waals surface area contributed by atoms with E-state index in [0.717, 1.165) is 44.5 Å². The average Bonchev–Trinajstić information content (AvgIpc) is 3.68. The Morgan fingerprint density at radius 1 is 1.05 bits per heavy atom. The lowest BCUT2D eigenvalue weighted by Gasteiger charge is -2.07. The molecule has 0 aliphatic heterocycles. The molecule has 5 aromatic rings. The third-order valence-corrected chi connectivity index (χ3v) is 6.84. The minimum Gasteiger partial charge on any atom is -0.487 e. The zero-order valence-corrected chi connectivity index (χ0v) is 21.5. The zero-order chi connectivity index (χ0) is 25.6. The number of carbonyl (C=O) groups excluding carboxylic acids is 1. The van der Waals surface area contributed by atoms with Crippen molar-refractivity contribution in [3.05, 3.63) is 101 Å². The lowest BCUT2D eigenvalue weighted by molar-refractivity contribution is -0.140. The number of benzene rings is 2. The van der Waals surface area contributed by atoms with Crippen LogP contribution in [0.4, 0.5) is 0 Å². The van der Waals surface area contributed by atoms with Gasteiger partial charge in [0.25, 0.3) is 0 Å². The van der Waals surface area contributed by atoms with Gasteiger partial charge in [-0.1, -0.05) is 48.5 Å². The fraction of sp³-hybridized carbons (Fsp3) is 0.207. The lowest BCUT2D eigenvalue weighted by atomic mass is 10.0. The van der Waals surface area contributed by atoms with Gasteiger partial charge in [-0.2, -0.15) is 5.10 Å². The maximum Gasteiger partial charge on any atom is 0.305 e. The van der Waals surface area contributed by atoms with Crippen molar-refractivity contribution in [3.8, 4) is 27.8 Å². The van der Waals surface area contributed by atoms with Crippen LogP contribution in [0.15, 0.2) is 82.7 Å². The van der Waals surface area contributed by atoms with Crippen molar-refractivity contribution in [2.24, 2.45) is 0 Å².